The van der Waals surface area contributed by atoms with Gasteiger partial charge in [-0.05, 0) is 39.5 Å². The SMILES string of the molecule is CC(C)N(Cl)C(C)(C)Cl. The van der Waals surface area contributed by atoms with Crippen molar-refractivity contribution in [2.75, 3.05) is 0 Å². The van der Waals surface area contributed by atoms with E-state index in [1.807, 2.05) is 27.7 Å². The minimum Gasteiger partial charge on any atom is -0.198 e. The molecule has 0 aromatic rings. The first kappa shape index (κ1) is 9.54. The van der Waals surface area contributed by atoms with E-state index in [1.54, 1.807) is 4.42 Å². The van der Waals surface area contributed by atoms with Crippen molar-refractivity contribution in [3.63, 3.8) is 0 Å². The largest absolute Gasteiger partial charge is 0.198 e. The minimum absolute atomic E-state index is 0.277. The fraction of sp³-hybridized carbons (Fsp3) is 1.00. The van der Waals surface area contributed by atoms with Crippen LogP contribution in [-0.4, -0.2) is 15.5 Å². The van der Waals surface area contributed by atoms with Crippen molar-refractivity contribution in [2.45, 2.75) is 38.7 Å². The Morgan fingerprint density at radius 3 is 1.67 bits per heavy atom. The third kappa shape index (κ3) is 3.29. The minimum atomic E-state index is -0.449. The molecule has 0 fully saturated rings. The second kappa shape index (κ2) is 3.09. The van der Waals surface area contributed by atoms with Gasteiger partial charge in [-0.25, -0.2) is 0 Å². The van der Waals surface area contributed by atoms with Crippen molar-refractivity contribution in [3.05, 3.63) is 0 Å². The van der Waals surface area contributed by atoms with Crippen LogP contribution in [0.15, 0.2) is 0 Å². The number of hydrogen-bond donors (Lipinski definition) is 0. The molecule has 0 atom stereocenters. The molecule has 0 aliphatic carbocycles. The first-order chi connectivity index (χ1) is 3.85. The molecule has 0 aliphatic rings. The van der Waals surface area contributed by atoms with Crippen molar-refractivity contribution in [1.82, 2.24) is 4.42 Å². The van der Waals surface area contributed by atoms with Gasteiger partial charge in [0.15, 0.2) is 0 Å². The Hall–Kier alpha value is 0.540. The second-order valence-electron chi connectivity index (χ2n) is 2.81. The van der Waals surface area contributed by atoms with Crippen molar-refractivity contribution >= 4 is 23.4 Å². The van der Waals surface area contributed by atoms with E-state index in [0.717, 1.165) is 0 Å². The highest BCUT2D eigenvalue weighted by molar-refractivity contribution is 6.27. The van der Waals surface area contributed by atoms with Crippen molar-refractivity contribution in [3.8, 4) is 0 Å². The maximum atomic E-state index is 5.87. The lowest BCUT2D eigenvalue weighted by Gasteiger charge is -2.29. The lowest BCUT2D eigenvalue weighted by molar-refractivity contribution is 0.284. The molecule has 9 heavy (non-hydrogen) atoms. The topological polar surface area (TPSA) is 3.24 Å². The van der Waals surface area contributed by atoms with E-state index in [0.29, 0.717) is 0 Å². The molecule has 0 saturated heterocycles. The zero-order valence-corrected chi connectivity index (χ0v) is 7.79. The molecule has 0 unspecified atom stereocenters. The fourth-order valence-corrected chi connectivity index (χ4v) is 0.809. The average molecular weight is 170 g/mol. The van der Waals surface area contributed by atoms with Crippen LogP contribution in [0.2, 0.25) is 0 Å². The van der Waals surface area contributed by atoms with E-state index in [4.69, 9.17) is 23.4 Å². The predicted molar refractivity (Wildman–Crippen MR) is 42.8 cm³/mol. The summed E-state index contributed by atoms with van der Waals surface area (Å²) < 4.78 is 1.59. The summed E-state index contributed by atoms with van der Waals surface area (Å²) in [6.45, 7) is 7.72. The molecule has 1 nitrogen and oxygen atoms in total. The summed E-state index contributed by atoms with van der Waals surface area (Å²) in [5.74, 6) is 0. The van der Waals surface area contributed by atoms with Gasteiger partial charge in [0.25, 0.3) is 0 Å². The first-order valence-corrected chi connectivity index (χ1v) is 3.71. The normalized spacial score (nSPS) is 13.3. The maximum absolute atomic E-state index is 5.87. The summed E-state index contributed by atoms with van der Waals surface area (Å²) in [5, 5.41) is 0. The highest BCUT2D eigenvalue weighted by Gasteiger charge is 2.23. The van der Waals surface area contributed by atoms with Crippen LogP contribution in [0.1, 0.15) is 27.7 Å². The molecule has 0 spiro atoms. The Balaban J connectivity index is 3.88. The molecular weight excluding hydrogens is 157 g/mol. The van der Waals surface area contributed by atoms with Gasteiger partial charge < -0.3 is 0 Å². The molecule has 0 rings (SSSR count). The molecule has 3 heteroatoms. The zero-order chi connectivity index (χ0) is 7.65. The van der Waals surface area contributed by atoms with E-state index in [-0.39, 0.29) is 6.04 Å². The van der Waals surface area contributed by atoms with Crippen LogP contribution in [-0.2, 0) is 0 Å². The summed E-state index contributed by atoms with van der Waals surface area (Å²) in [5.41, 5.74) is 0. The van der Waals surface area contributed by atoms with E-state index in [1.165, 1.54) is 0 Å². The smallest absolute Gasteiger partial charge is 0.104 e. The van der Waals surface area contributed by atoms with Gasteiger partial charge in [0.2, 0.25) is 0 Å². The van der Waals surface area contributed by atoms with Gasteiger partial charge in [0.1, 0.15) is 5.00 Å². The lowest BCUT2D eigenvalue weighted by atomic mass is 10.3. The van der Waals surface area contributed by atoms with E-state index < -0.39 is 5.00 Å². The van der Waals surface area contributed by atoms with Crippen LogP contribution in [0.4, 0.5) is 0 Å². The number of hydrogen-bond acceptors (Lipinski definition) is 1. The molecule has 0 amide bonds. The van der Waals surface area contributed by atoms with Crippen LogP contribution >= 0.6 is 23.4 Å². The van der Waals surface area contributed by atoms with Gasteiger partial charge >= 0.3 is 0 Å². The third-order valence-electron chi connectivity index (χ3n) is 0.961. The lowest BCUT2D eigenvalue weighted by Crippen LogP contribution is -2.36. The summed E-state index contributed by atoms with van der Waals surface area (Å²) >= 11 is 11.7. The molecule has 56 valence electrons. The van der Waals surface area contributed by atoms with Crippen molar-refractivity contribution < 1.29 is 0 Å². The van der Waals surface area contributed by atoms with Gasteiger partial charge in [0, 0.05) is 6.04 Å². The summed E-state index contributed by atoms with van der Waals surface area (Å²) in [6, 6.07) is 0.277. The van der Waals surface area contributed by atoms with Gasteiger partial charge in [-0.2, -0.15) is 4.42 Å². The van der Waals surface area contributed by atoms with Crippen LogP contribution in [0.3, 0.4) is 0 Å². The molecule has 0 saturated carbocycles. The molecule has 0 N–H and O–H groups in total. The Kier molecular flexibility index (Phi) is 3.27. The van der Waals surface area contributed by atoms with E-state index in [2.05, 4.69) is 0 Å². The Bertz CT molecular complexity index is 85.5. The van der Waals surface area contributed by atoms with Gasteiger partial charge in [-0.3, -0.25) is 0 Å². The third-order valence-corrected chi connectivity index (χ3v) is 2.04. The Labute approximate surface area is 67.0 Å². The summed E-state index contributed by atoms with van der Waals surface area (Å²) in [4.78, 5) is -0.449. The molecule has 0 radical (unpaired) electrons. The van der Waals surface area contributed by atoms with Gasteiger partial charge in [0.05, 0.1) is 0 Å². The number of alkyl halides is 1. The summed E-state index contributed by atoms with van der Waals surface area (Å²) in [7, 11) is 0. The monoisotopic (exact) mass is 169 g/mol. The zero-order valence-electron chi connectivity index (χ0n) is 6.28. The number of rotatable bonds is 2. The van der Waals surface area contributed by atoms with Crippen LogP contribution in [0.5, 0.6) is 0 Å². The number of halogens is 2. The number of nitrogens with zero attached hydrogens (tertiary/aromatic N) is 1. The Morgan fingerprint density at radius 2 is 1.67 bits per heavy atom. The second-order valence-corrected chi connectivity index (χ2v) is 4.10. The highest BCUT2D eigenvalue weighted by Crippen LogP contribution is 2.23. The molecule has 0 bridgehead atoms. The van der Waals surface area contributed by atoms with Crippen molar-refractivity contribution in [1.29, 1.82) is 0 Å². The first-order valence-electron chi connectivity index (χ1n) is 2.99. The maximum Gasteiger partial charge on any atom is 0.104 e. The van der Waals surface area contributed by atoms with E-state index >= 15 is 0 Å². The summed E-state index contributed by atoms with van der Waals surface area (Å²) in [6.07, 6.45) is 0. The standard InChI is InChI=1S/C6H13Cl2N/c1-5(2)9(8)6(3,4)7/h5H,1-4H3. The molecule has 0 aromatic carbocycles. The molecular formula is C6H13Cl2N. The quantitative estimate of drug-likeness (QED) is 0.350. The van der Waals surface area contributed by atoms with Crippen molar-refractivity contribution in [2.24, 2.45) is 0 Å². The fourth-order valence-electron chi connectivity index (χ4n) is 0.614. The van der Waals surface area contributed by atoms with E-state index in [9.17, 15) is 0 Å². The molecule has 0 aromatic heterocycles. The average Bonchev–Trinajstić information content (AvgIpc) is 1.62. The van der Waals surface area contributed by atoms with Gasteiger partial charge in [-0.1, -0.05) is 0 Å². The van der Waals surface area contributed by atoms with Crippen LogP contribution in [0, 0.1) is 0 Å². The molecule has 0 aliphatic heterocycles. The Morgan fingerprint density at radius 1 is 1.33 bits per heavy atom. The highest BCUT2D eigenvalue weighted by atomic mass is 35.5. The molecule has 0 heterocycles. The van der Waals surface area contributed by atoms with Gasteiger partial charge in [-0.15, -0.1) is 11.6 Å². The van der Waals surface area contributed by atoms with Crippen LogP contribution in [0.25, 0.3) is 0 Å². The van der Waals surface area contributed by atoms with Crippen LogP contribution < -0.4 is 0 Å². The predicted octanol–water partition coefficient (Wildman–Crippen LogP) is 2.83.